The van der Waals surface area contributed by atoms with Gasteiger partial charge in [0.2, 0.25) is 0 Å². The number of rotatable bonds is 3. The van der Waals surface area contributed by atoms with Crippen LogP contribution in [0.25, 0.3) is 0 Å². The lowest BCUT2D eigenvalue weighted by Crippen LogP contribution is -2.55. The van der Waals surface area contributed by atoms with Crippen molar-refractivity contribution in [2.45, 2.75) is 50.4 Å². The van der Waals surface area contributed by atoms with Crippen LogP contribution in [0.2, 0.25) is 0 Å². The van der Waals surface area contributed by atoms with Crippen LogP contribution in [-0.2, 0) is 10.2 Å². The van der Waals surface area contributed by atoms with Gasteiger partial charge in [-0.1, -0.05) is 31.4 Å². The van der Waals surface area contributed by atoms with Crippen LogP contribution in [0.5, 0.6) is 0 Å². The molecule has 2 aliphatic carbocycles. The van der Waals surface area contributed by atoms with Crippen molar-refractivity contribution < 1.29 is 14.8 Å². The Morgan fingerprint density at radius 1 is 1.10 bits per heavy atom. The van der Waals surface area contributed by atoms with Gasteiger partial charge in [0.05, 0.1) is 10.3 Å². The van der Waals surface area contributed by atoms with Crippen LogP contribution in [0.1, 0.15) is 50.5 Å². The fraction of sp³-hybridized carbons (Fsp3) is 0.562. The number of non-ortho nitro benzene ring substituents is 1. The van der Waals surface area contributed by atoms with Gasteiger partial charge in [0.1, 0.15) is 0 Å². The van der Waals surface area contributed by atoms with Crippen molar-refractivity contribution in [3.63, 3.8) is 0 Å². The van der Waals surface area contributed by atoms with Gasteiger partial charge >= 0.3 is 5.97 Å². The molecule has 2 fully saturated rings. The van der Waals surface area contributed by atoms with Gasteiger partial charge in [0, 0.05) is 12.1 Å². The van der Waals surface area contributed by atoms with E-state index in [0.717, 1.165) is 12.8 Å². The molecule has 5 heteroatoms. The molecule has 0 atom stereocenters. The molecule has 112 valence electrons. The maximum Gasteiger partial charge on any atom is 0.314 e. The van der Waals surface area contributed by atoms with E-state index in [1.54, 1.807) is 12.1 Å². The van der Waals surface area contributed by atoms with Crippen molar-refractivity contribution in [2.24, 2.45) is 5.41 Å². The van der Waals surface area contributed by atoms with Gasteiger partial charge in [-0.25, -0.2) is 0 Å². The molecule has 1 aromatic carbocycles. The fourth-order valence-electron chi connectivity index (χ4n) is 4.26. The Morgan fingerprint density at radius 2 is 1.67 bits per heavy atom. The first kappa shape index (κ1) is 14.0. The predicted molar refractivity (Wildman–Crippen MR) is 77.2 cm³/mol. The Hall–Kier alpha value is -1.91. The van der Waals surface area contributed by atoms with E-state index in [1.165, 1.54) is 31.4 Å². The summed E-state index contributed by atoms with van der Waals surface area (Å²) in [7, 11) is 0. The molecule has 1 N–H and O–H groups in total. The van der Waals surface area contributed by atoms with Crippen molar-refractivity contribution in [1.29, 1.82) is 0 Å². The lowest BCUT2D eigenvalue weighted by atomic mass is 9.46. The van der Waals surface area contributed by atoms with Gasteiger partial charge in [-0.2, -0.15) is 0 Å². The Balaban J connectivity index is 1.86. The van der Waals surface area contributed by atoms with Gasteiger partial charge < -0.3 is 5.11 Å². The smallest absolute Gasteiger partial charge is 0.314 e. The van der Waals surface area contributed by atoms with Crippen LogP contribution in [-0.4, -0.2) is 16.0 Å². The van der Waals surface area contributed by atoms with Crippen LogP contribution in [0, 0.1) is 15.5 Å². The van der Waals surface area contributed by atoms with E-state index < -0.39 is 16.3 Å². The number of carbonyl (C=O) groups is 1. The monoisotopic (exact) mass is 289 g/mol. The molecule has 2 aliphatic rings. The van der Waals surface area contributed by atoms with Crippen LogP contribution in [0.4, 0.5) is 5.69 Å². The van der Waals surface area contributed by atoms with E-state index in [-0.39, 0.29) is 11.1 Å². The summed E-state index contributed by atoms with van der Waals surface area (Å²) in [6, 6.07) is 6.04. The zero-order valence-corrected chi connectivity index (χ0v) is 11.9. The second-order valence-electron chi connectivity index (χ2n) is 6.61. The number of nitrogens with zero attached hydrogens (tertiary/aromatic N) is 1. The topological polar surface area (TPSA) is 80.4 Å². The van der Waals surface area contributed by atoms with E-state index in [9.17, 15) is 20.0 Å². The number of aliphatic carboxylic acids is 1. The molecule has 0 saturated heterocycles. The summed E-state index contributed by atoms with van der Waals surface area (Å²) in [6.45, 7) is 0. The van der Waals surface area contributed by atoms with Crippen LogP contribution < -0.4 is 0 Å². The van der Waals surface area contributed by atoms with Crippen molar-refractivity contribution in [3.05, 3.63) is 39.9 Å². The van der Waals surface area contributed by atoms with Gasteiger partial charge in [-0.15, -0.1) is 0 Å². The fourth-order valence-corrected chi connectivity index (χ4v) is 4.26. The molecule has 0 bridgehead atoms. The largest absolute Gasteiger partial charge is 0.481 e. The van der Waals surface area contributed by atoms with Gasteiger partial charge in [-0.05, 0) is 36.7 Å². The summed E-state index contributed by atoms with van der Waals surface area (Å²) >= 11 is 0. The lowest BCUT2D eigenvalue weighted by Gasteiger charge is -2.56. The first-order chi connectivity index (χ1) is 9.97. The zero-order chi connectivity index (χ0) is 15.1. The zero-order valence-electron chi connectivity index (χ0n) is 11.9. The molecule has 0 aliphatic heterocycles. The molecule has 21 heavy (non-hydrogen) atoms. The van der Waals surface area contributed by atoms with Gasteiger partial charge in [0.25, 0.3) is 5.69 Å². The Bertz CT molecular complexity index is 564. The molecular formula is C16H19NO4. The van der Waals surface area contributed by atoms with Crippen molar-refractivity contribution >= 4 is 11.7 Å². The molecule has 0 heterocycles. The number of hydrogen-bond donors (Lipinski definition) is 1. The molecule has 2 saturated carbocycles. The summed E-state index contributed by atoms with van der Waals surface area (Å²) in [5.41, 5.74) is 0.0630. The molecule has 1 aromatic rings. The molecule has 3 rings (SSSR count). The molecule has 0 aromatic heterocycles. The number of carboxylic acids is 1. The quantitative estimate of drug-likeness (QED) is 0.680. The number of hydrogen-bond acceptors (Lipinski definition) is 3. The highest BCUT2D eigenvalue weighted by Crippen LogP contribution is 2.62. The average Bonchev–Trinajstić information content (AvgIpc) is 2.45. The van der Waals surface area contributed by atoms with E-state index >= 15 is 0 Å². The van der Waals surface area contributed by atoms with Crippen molar-refractivity contribution in [1.82, 2.24) is 0 Å². The minimum absolute atomic E-state index is 0.00555. The summed E-state index contributed by atoms with van der Waals surface area (Å²) in [4.78, 5) is 22.1. The minimum Gasteiger partial charge on any atom is -0.481 e. The Kier molecular flexibility index (Phi) is 3.23. The average molecular weight is 289 g/mol. The van der Waals surface area contributed by atoms with E-state index in [2.05, 4.69) is 0 Å². The summed E-state index contributed by atoms with van der Waals surface area (Å²) in [5.74, 6) is -0.799. The Morgan fingerprint density at radius 3 is 2.14 bits per heavy atom. The standard InChI is InChI=1S/C16H19NO4/c18-14(19)16(10-15(11-16)8-2-1-3-9-15)12-4-6-13(7-5-12)17(20)21/h4-7H,1-3,8-11H2,(H,18,19). The second-order valence-corrected chi connectivity index (χ2v) is 6.61. The van der Waals surface area contributed by atoms with E-state index in [1.807, 2.05) is 0 Å². The highest BCUT2D eigenvalue weighted by molar-refractivity contribution is 5.83. The van der Waals surface area contributed by atoms with Crippen LogP contribution in [0.15, 0.2) is 24.3 Å². The van der Waals surface area contributed by atoms with Gasteiger partial charge in [-0.3, -0.25) is 14.9 Å². The molecule has 1 spiro atoms. The second kappa shape index (κ2) is 4.83. The first-order valence-corrected chi connectivity index (χ1v) is 7.46. The first-order valence-electron chi connectivity index (χ1n) is 7.46. The van der Waals surface area contributed by atoms with Gasteiger partial charge in [0.15, 0.2) is 0 Å². The third-order valence-corrected chi connectivity index (χ3v) is 5.31. The normalized spacial score (nSPS) is 22.5. The van der Waals surface area contributed by atoms with Crippen molar-refractivity contribution in [3.8, 4) is 0 Å². The lowest BCUT2D eigenvalue weighted by molar-refractivity contribution is -0.384. The van der Waals surface area contributed by atoms with Crippen molar-refractivity contribution in [2.75, 3.05) is 0 Å². The highest BCUT2D eigenvalue weighted by Gasteiger charge is 2.59. The number of nitro benzene ring substituents is 1. The van der Waals surface area contributed by atoms with E-state index in [0.29, 0.717) is 18.4 Å². The number of benzene rings is 1. The molecule has 0 unspecified atom stereocenters. The SMILES string of the molecule is O=C(O)C1(c2ccc([N+](=O)[O-])cc2)CC2(CCCCC2)C1. The maximum atomic E-state index is 11.8. The third-order valence-electron chi connectivity index (χ3n) is 5.31. The summed E-state index contributed by atoms with van der Waals surface area (Å²) < 4.78 is 0. The van der Waals surface area contributed by atoms with Crippen LogP contribution in [0.3, 0.4) is 0 Å². The molecular weight excluding hydrogens is 270 g/mol. The van der Waals surface area contributed by atoms with Crippen LogP contribution >= 0.6 is 0 Å². The minimum atomic E-state index is -0.841. The Labute approximate surface area is 123 Å². The third kappa shape index (κ3) is 2.20. The summed E-state index contributed by atoms with van der Waals surface area (Å²) in [5, 5.41) is 20.4. The highest BCUT2D eigenvalue weighted by atomic mass is 16.6. The predicted octanol–water partition coefficient (Wildman–Crippen LogP) is 3.66. The maximum absolute atomic E-state index is 11.8. The summed E-state index contributed by atoms with van der Waals surface area (Å²) in [6.07, 6.45) is 7.22. The molecule has 5 nitrogen and oxygen atoms in total. The molecule has 0 amide bonds. The molecule has 0 radical (unpaired) electrons. The number of nitro groups is 1. The van der Waals surface area contributed by atoms with E-state index in [4.69, 9.17) is 0 Å². The number of carboxylic acid groups (broad SMARTS) is 1.